The number of likely N-dealkylation sites (tertiary alicyclic amines) is 1. The summed E-state index contributed by atoms with van der Waals surface area (Å²) in [5.74, 6) is -1.26. The Labute approximate surface area is 200 Å². The van der Waals surface area contributed by atoms with Crippen molar-refractivity contribution in [1.29, 1.82) is 0 Å². The molecule has 1 aliphatic carbocycles. The number of nitrogen functional groups attached to an aromatic ring is 1. The van der Waals surface area contributed by atoms with E-state index in [9.17, 15) is 13.6 Å². The topological polar surface area (TPSA) is 112 Å². The highest BCUT2D eigenvalue weighted by atomic mass is 19.2. The van der Waals surface area contributed by atoms with Gasteiger partial charge in [-0.1, -0.05) is 12.1 Å². The van der Waals surface area contributed by atoms with Crippen molar-refractivity contribution >= 4 is 17.5 Å². The second kappa shape index (κ2) is 8.40. The Balaban J connectivity index is 1.41. The summed E-state index contributed by atoms with van der Waals surface area (Å²) in [6, 6.07) is 5.58. The summed E-state index contributed by atoms with van der Waals surface area (Å²) in [6.07, 6.45) is 4.29. The smallest absolute Gasteiger partial charge is 0.410 e. The largest absolute Gasteiger partial charge is 0.444 e. The van der Waals surface area contributed by atoms with Gasteiger partial charge in [-0.2, -0.15) is 4.68 Å². The van der Waals surface area contributed by atoms with Crippen molar-refractivity contribution in [2.24, 2.45) is 11.8 Å². The molecule has 0 radical (unpaired) electrons. The molecule has 1 aliphatic heterocycles. The number of allylic oxidation sites excluding steroid dienone is 1. The number of amides is 1. The fourth-order valence-electron chi connectivity index (χ4n) is 4.60. The monoisotopic (exact) mass is 481 g/mol. The third-order valence-corrected chi connectivity index (χ3v) is 6.20. The first-order chi connectivity index (χ1) is 16.6. The van der Waals surface area contributed by atoms with Crippen LogP contribution in [0.15, 0.2) is 36.5 Å². The molecular formula is C24H25F2N7O2. The molecule has 3 heterocycles. The zero-order valence-electron chi connectivity index (χ0n) is 19.6. The minimum atomic E-state index is -1.07. The Morgan fingerprint density at radius 3 is 2.77 bits per heavy atom. The molecule has 1 fully saturated rings. The van der Waals surface area contributed by atoms with Crippen LogP contribution in [-0.2, 0) is 4.74 Å². The van der Waals surface area contributed by atoms with E-state index in [0.29, 0.717) is 18.7 Å². The Kier molecular flexibility index (Phi) is 5.49. The maximum absolute atomic E-state index is 14.4. The predicted octanol–water partition coefficient (Wildman–Crippen LogP) is 3.85. The summed E-state index contributed by atoms with van der Waals surface area (Å²) < 4.78 is 34.8. The number of nitrogens with zero attached hydrogens (tertiary/aromatic N) is 6. The van der Waals surface area contributed by atoms with E-state index in [1.54, 1.807) is 17.2 Å². The number of nitrogens with two attached hydrogens (primary N) is 1. The van der Waals surface area contributed by atoms with Gasteiger partial charge >= 0.3 is 6.09 Å². The third-order valence-electron chi connectivity index (χ3n) is 6.20. The first-order valence-corrected chi connectivity index (χ1v) is 11.3. The third kappa shape index (κ3) is 4.33. The maximum atomic E-state index is 14.4. The molecule has 2 atom stereocenters. The Bertz CT molecular complexity index is 1330. The van der Waals surface area contributed by atoms with Crippen LogP contribution in [0, 0.1) is 23.5 Å². The summed E-state index contributed by atoms with van der Waals surface area (Å²) in [7, 11) is 0. The molecule has 0 bridgehead atoms. The molecule has 2 N–H and O–H groups in total. The Hall–Kier alpha value is -3.89. The maximum Gasteiger partial charge on any atom is 0.410 e. The number of tetrazole rings is 1. The van der Waals surface area contributed by atoms with Gasteiger partial charge in [-0.05, 0) is 78.8 Å². The molecule has 9 nitrogen and oxygen atoms in total. The second-order valence-electron chi connectivity index (χ2n) is 9.85. The number of benzene rings is 1. The van der Waals surface area contributed by atoms with Crippen LogP contribution in [0.25, 0.3) is 22.6 Å². The Morgan fingerprint density at radius 1 is 1.23 bits per heavy atom. The molecule has 11 heteroatoms. The van der Waals surface area contributed by atoms with Crippen LogP contribution in [0.1, 0.15) is 32.8 Å². The number of aromatic nitrogens is 5. The number of halogens is 2. The predicted molar refractivity (Wildman–Crippen MR) is 124 cm³/mol. The van der Waals surface area contributed by atoms with Crippen LogP contribution in [0.4, 0.5) is 19.4 Å². The molecule has 2 aromatic heterocycles. The molecule has 1 amide bonds. The zero-order chi connectivity index (χ0) is 24.9. The highest BCUT2D eigenvalue weighted by Gasteiger charge is 2.40. The number of anilines is 1. The van der Waals surface area contributed by atoms with E-state index in [4.69, 9.17) is 10.5 Å². The van der Waals surface area contributed by atoms with E-state index < -0.39 is 17.2 Å². The van der Waals surface area contributed by atoms with Gasteiger partial charge in [0.1, 0.15) is 17.1 Å². The average Bonchev–Trinajstić information content (AvgIpc) is 3.50. The van der Waals surface area contributed by atoms with Crippen molar-refractivity contribution in [3.63, 3.8) is 0 Å². The quantitative estimate of drug-likeness (QED) is 0.605. The molecule has 35 heavy (non-hydrogen) atoms. The van der Waals surface area contributed by atoms with Gasteiger partial charge in [0.25, 0.3) is 0 Å². The minimum Gasteiger partial charge on any atom is -0.444 e. The highest BCUT2D eigenvalue weighted by Crippen LogP contribution is 2.42. The van der Waals surface area contributed by atoms with Crippen molar-refractivity contribution < 1.29 is 18.3 Å². The molecule has 1 aromatic carbocycles. The number of fused-ring (bicyclic) bond motifs is 1. The SMILES string of the molecule is CC(C)(C)OC(=O)N1C[C@@H]2CC(c3cnc(N)c(-c4nnnn4-c4cccc(F)c4F)c3)=C[C@@H]2C1. The molecule has 1 saturated heterocycles. The van der Waals surface area contributed by atoms with Crippen LogP contribution in [0.3, 0.4) is 0 Å². The fourth-order valence-corrected chi connectivity index (χ4v) is 4.60. The Morgan fingerprint density at radius 2 is 2.03 bits per heavy atom. The van der Waals surface area contributed by atoms with Gasteiger partial charge in [0.05, 0.1) is 5.56 Å². The lowest BCUT2D eigenvalue weighted by Crippen LogP contribution is -2.35. The standard InChI is InChI=1S/C24H25F2N7O2/c1-24(2,3)35-23(34)32-11-15-7-13(8-16(15)12-32)14-9-17(21(27)28-10-14)22-29-30-31-33(22)19-6-4-5-18(25)20(19)26/h4-7,9-10,15-16H,8,11-12H2,1-3H3,(H2,27,28)/t15-,16+/m1/s1. The van der Waals surface area contributed by atoms with Gasteiger partial charge in [-0.25, -0.2) is 18.6 Å². The molecular weight excluding hydrogens is 456 g/mol. The molecule has 0 saturated carbocycles. The van der Waals surface area contributed by atoms with Crippen molar-refractivity contribution in [3.8, 4) is 17.1 Å². The summed E-state index contributed by atoms with van der Waals surface area (Å²) in [5.41, 5.74) is 7.77. The molecule has 0 spiro atoms. The lowest BCUT2D eigenvalue weighted by molar-refractivity contribution is 0.0285. The van der Waals surface area contributed by atoms with Gasteiger partial charge in [0, 0.05) is 19.3 Å². The van der Waals surface area contributed by atoms with E-state index in [1.807, 2.05) is 20.8 Å². The highest BCUT2D eigenvalue weighted by molar-refractivity contribution is 5.77. The zero-order valence-corrected chi connectivity index (χ0v) is 19.6. The number of rotatable bonds is 3. The van der Waals surface area contributed by atoms with E-state index in [1.165, 1.54) is 12.1 Å². The van der Waals surface area contributed by atoms with E-state index in [0.717, 1.165) is 28.3 Å². The van der Waals surface area contributed by atoms with Crippen LogP contribution < -0.4 is 5.73 Å². The van der Waals surface area contributed by atoms with Crippen LogP contribution in [-0.4, -0.2) is 54.9 Å². The number of carbonyl (C=O) groups is 1. The van der Waals surface area contributed by atoms with E-state index in [-0.39, 0.29) is 35.3 Å². The van der Waals surface area contributed by atoms with Gasteiger partial charge in [0.15, 0.2) is 17.5 Å². The summed E-state index contributed by atoms with van der Waals surface area (Å²) in [6.45, 7) is 6.76. The van der Waals surface area contributed by atoms with Crippen molar-refractivity contribution in [1.82, 2.24) is 30.1 Å². The lowest BCUT2D eigenvalue weighted by Gasteiger charge is -2.24. The number of ether oxygens (including phenoxy) is 1. The van der Waals surface area contributed by atoms with Crippen LogP contribution >= 0.6 is 0 Å². The summed E-state index contributed by atoms with van der Waals surface area (Å²) in [5, 5.41) is 11.5. The average molecular weight is 482 g/mol. The number of hydrogen-bond acceptors (Lipinski definition) is 7. The first-order valence-electron chi connectivity index (χ1n) is 11.3. The number of pyridine rings is 1. The molecule has 3 aromatic rings. The second-order valence-corrected chi connectivity index (χ2v) is 9.85. The van der Waals surface area contributed by atoms with Crippen molar-refractivity contribution in [2.45, 2.75) is 32.8 Å². The van der Waals surface area contributed by atoms with Gasteiger partial charge in [-0.15, -0.1) is 5.10 Å². The number of carbonyl (C=O) groups excluding carboxylic acids is 1. The minimum absolute atomic E-state index is 0.133. The van der Waals surface area contributed by atoms with E-state index in [2.05, 4.69) is 26.6 Å². The lowest BCUT2D eigenvalue weighted by atomic mass is 9.98. The molecule has 2 aliphatic rings. The van der Waals surface area contributed by atoms with Gasteiger partial charge < -0.3 is 15.4 Å². The number of hydrogen-bond donors (Lipinski definition) is 1. The molecule has 0 unspecified atom stereocenters. The van der Waals surface area contributed by atoms with Gasteiger partial charge in [-0.3, -0.25) is 0 Å². The van der Waals surface area contributed by atoms with Crippen molar-refractivity contribution in [3.05, 3.63) is 53.7 Å². The van der Waals surface area contributed by atoms with Crippen LogP contribution in [0.5, 0.6) is 0 Å². The van der Waals surface area contributed by atoms with Crippen LogP contribution in [0.2, 0.25) is 0 Å². The molecule has 5 rings (SSSR count). The molecule has 182 valence electrons. The van der Waals surface area contributed by atoms with Gasteiger partial charge in [0.2, 0.25) is 0 Å². The van der Waals surface area contributed by atoms with E-state index >= 15 is 0 Å². The van der Waals surface area contributed by atoms with Crippen molar-refractivity contribution in [2.75, 3.05) is 18.8 Å². The first kappa shape index (κ1) is 22.9. The summed E-state index contributed by atoms with van der Waals surface area (Å²) in [4.78, 5) is 18.5. The fraction of sp³-hybridized carbons (Fsp3) is 0.375. The normalized spacial score (nSPS) is 19.6. The summed E-state index contributed by atoms with van der Waals surface area (Å²) >= 11 is 0.